The maximum Gasteiger partial charge on any atom is 0.248 e. The van der Waals surface area contributed by atoms with Crippen LogP contribution in [-0.4, -0.2) is 32.0 Å². The van der Waals surface area contributed by atoms with Crippen LogP contribution in [0.1, 0.15) is 20.7 Å². The maximum atomic E-state index is 10.4. The summed E-state index contributed by atoms with van der Waals surface area (Å²) in [6, 6.07) is 12.1. The average molecular weight is 354 g/mol. The second kappa shape index (κ2) is 10.8. The van der Waals surface area contributed by atoms with Crippen LogP contribution < -0.4 is 11.5 Å². The lowest BCUT2D eigenvalue weighted by Gasteiger charge is -1.89. The number of hydrogen-bond donors (Lipinski definition) is 4. The molecule has 3 aromatic rings. The third kappa shape index (κ3) is 8.06. The van der Waals surface area contributed by atoms with E-state index in [-0.39, 0.29) is 11.5 Å². The van der Waals surface area contributed by atoms with Crippen LogP contribution in [0.2, 0.25) is 0 Å². The number of aromatic hydroxyl groups is 2. The van der Waals surface area contributed by atoms with Crippen LogP contribution >= 0.6 is 0 Å². The highest BCUT2D eigenvalue weighted by molar-refractivity contribution is 5.92. The summed E-state index contributed by atoms with van der Waals surface area (Å²) in [6.07, 6.45) is 6.11. The fourth-order valence-electron chi connectivity index (χ4n) is 1.53. The lowest BCUT2D eigenvalue weighted by atomic mass is 10.3. The molecule has 0 bridgehead atoms. The fourth-order valence-corrected chi connectivity index (χ4v) is 1.53. The van der Waals surface area contributed by atoms with Crippen molar-refractivity contribution < 1.29 is 19.8 Å². The van der Waals surface area contributed by atoms with Crippen LogP contribution in [0, 0.1) is 0 Å². The molecule has 8 heteroatoms. The molecule has 3 rings (SSSR count). The zero-order valence-corrected chi connectivity index (χ0v) is 13.7. The van der Waals surface area contributed by atoms with Crippen molar-refractivity contribution >= 4 is 11.8 Å². The summed E-state index contributed by atoms with van der Waals surface area (Å²) in [7, 11) is 0. The highest BCUT2D eigenvalue weighted by atomic mass is 16.3. The number of hydrogen-bond acceptors (Lipinski definition) is 6. The van der Waals surface area contributed by atoms with E-state index < -0.39 is 11.8 Å². The minimum Gasteiger partial charge on any atom is -0.508 e. The van der Waals surface area contributed by atoms with Crippen molar-refractivity contribution in [2.75, 3.05) is 0 Å². The minimum absolute atomic E-state index is 0.0880. The summed E-state index contributed by atoms with van der Waals surface area (Å²) in [5, 5.41) is 17.3. The van der Waals surface area contributed by atoms with Gasteiger partial charge in [-0.25, -0.2) is 0 Å². The standard InChI is InChI=1S/2C6H6N2O.C6H6O2/c2*7-6(9)5-1-3-8-4-2-5;7-5-2-1-3-6(8)4-5/h2*1-4H,(H2,7,9);1-4,7-8H. The molecule has 0 saturated heterocycles. The molecule has 0 atom stereocenters. The molecule has 26 heavy (non-hydrogen) atoms. The van der Waals surface area contributed by atoms with Gasteiger partial charge in [0.2, 0.25) is 11.8 Å². The van der Waals surface area contributed by atoms with E-state index in [1.54, 1.807) is 30.3 Å². The largest absolute Gasteiger partial charge is 0.508 e. The SMILES string of the molecule is NC(=O)c1ccncc1.NC(=O)c1ccncc1.Oc1cccc(O)c1. The molecule has 0 spiro atoms. The van der Waals surface area contributed by atoms with E-state index in [1.807, 2.05) is 0 Å². The van der Waals surface area contributed by atoms with E-state index in [0.717, 1.165) is 0 Å². The zero-order chi connectivity index (χ0) is 19.4. The van der Waals surface area contributed by atoms with Crippen molar-refractivity contribution in [3.05, 3.63) is 84.4 Å². The lowest BCUT2D eigenvalue weighted by Crippen LogP contribution is -2.10. The first-order chi connectivity index (χ1) is 12.4. The number of aromatic nitrogens is 2. The van der Waals surface area contributed by atoms with Gasteiger partial charge in [-0.2, -0.15) is 0 Å². The highest BCUT2D eigenvalue weighted by Gasteiger charge is 1.95. The van der Waals surface area contributed by atoms with Crippen molar-refractivity contribution in [3.63, 3.8) is 0 Å². The molecule has 0 radical (unpaired) electrons. The number of pyridine rings is 2. The van der Waals surface area contributed by atoms with Crippen molar-refractivity contribution in [2.24, 2.45) is 11.5 Å². The summed E-state index contributed by atoms with van der Waals surface area (Å²) >= 11 is 0. The Hall–Kier alpha value is -3.94. The number of carbonyl (C=O) groups is 2. The number of nitrogens with zero attached hydrogens (tertiary/aromatic N) is 2. The Morgan fingerprint density at radius 1 is 0.692 bits per heavy atom. The summed E-state index contributed by atoms with van der Waals surface area (Å²) in [5.74, 6) is -0.662. The third-order valence-electron chi connectivity index (χ3n) is 2.76. The number of amides is 2. The van der Waals surface area contributed by atoms with Gasteiger partial charge >= 0.3 is 0 Å². The van der Waals surface area contributed by atoms with Crippen LogP contribution in [0.25, 0.3) is 0 Å². The first kappa shape index (κ1) is 20.1. The monoisotopic (exact) mass is 354 g/mol. The number of primary amides is 2. The molecule has 0 aliphatic heterocycles. The molecule has 0 aliphatic carbocycles. The Morgan fingerprint density at radius 2 is 1.04 bits per heavy atom. The van der Waals surface area contributed by atoms with Crippen LogP contribution in [0.15, 0.2) is 73.3 Å². The smallest absolute Gasteiger partial charge is 0.248 e. The number of nitrogens with two attached hydrogens (primary N) is 2. The summed E-state index contributed by atoms with van der Waals surface area (Å²) < 4.78 is 0. The number of carbonyl (C=O) groups excluding carboxylic acids is 2. The van der Waals surface area contributed by atoms with E-state index in [1.165, 1.54) is 43.0 Å². The molecule has 2 amide bonds. The molecular weight excluding hydrogens is 336 g/mol. The Labute approximate surface area is 149 Å². The molecule has 2 aromatic heterocycles. The first-order valence-electron chi connectivity index (χ1n) is 7.28. The van der Waals surface area contributed by atoms with E-state index >= 15 is 0 Å². The Bertz CT molecular complexity index is 760. The molecule has 1 aromatic carbocycles. The molecule has 0 saturated carbocycles. The molecule has 6 N–H and O–H groups in total. The maximum absolute atomic E-state index is 10.4. The number of benzene rings is 1. The van der Waals surface area contributed by atoms with Crippen LogP contribution in [0.4, 0.5) is 0 Å². The second-order valence-electron chi connectivity index (χ2n) is 4.72. The van der Waals surface area contributed by atoms with Gasteiger partial charge in [-0.15, -0.1) is 0 Å². The van der Waals surface area contributed by atoms with Gasteiger partial charge in [-0.3, -0.25) is 19.6 Å². The van der Waals surface area contributed by atoms with E-state index in [2.05, 4.69) is 9.97 Å². The molecule has 0 unspecified atom stereocenters. The fraction of sp³-hybridized carbons (Fsp3) is 0. The quantitative estimate of drug-likeness (QED) is 0.546. The number of phenolic OH excluding ortho intramolecular Hbond substituents is 2. The number of rotatable bonds is 2. The van der Waals surface area contributed by atoms with Crippen molar-refractivity contribution in [2.45, 2.75) is 0 Å². The van der Waals surface area contributed by atoms with Crippen molar-refractivity contribution in [1.29, 1.82) is 0 Å². The van der Waals surface area contributed by atoms with Gasteiger partial charge in [0.15, 0.2) is 0 Å². The average Bonchev–Trinajstić information content (AvgIpc) is 2.64. The molecule has 2 heterocycles. The van der Waals surface area contributed by atoms with E-state index in [4.69, 9.17) is 21.7 Å². The summed E-state index contributed by atoms with van der Waals surface area (Å²) in [6.45, 7) is 0. The highest BCUT2D eigenvalue weighted by Crippen LogP contribution is 2.14. The zero-order valence-electron chi connectivity index (χ0n) is 13.7. The van der Waals surface area contributed by atoms with Gasteiger partial charge in [0, 0.05) is 42.0 Å². The Kier molecular flexibility index (Phi) is 8.32. The van der Waals surface area contributed by atoms with Gasteiger partial charge in [0.1, 0.15) is 11.5 Å². The topological polar surface area (TPSA) is 152 Å². The summed E-state index contributed by atoms with van der Waals surface area (Å²) in [5.41, 5.74) is 10.9. The van der Waals surface area contributed by atoms with Gasteiger partial charge in [-0.05, 0) is 36.4 Å². The molecular formula is C18H18N4O4. The van der Waals surface area contributed by atoms with E-state index in [0.29, 0.717) is 11.1 Å². The second-order valence-corrected chi connectivity index (χ2v) is 4.72. The Morgan fingerprint density at radius 3 is 1.23 bits per heavy atom. The number of phenols is 2. The molecule has 0 aliphatic rings. The lowest BCUT2D eigenvalue weighted by molar-refractivity contribution is 0.0991. The van der Waals surface area contributed by atoms with Gasteiger partial charge in [-0.1, -0.05) is 6.07 Å². The van der Waals surface area contributed by atoms with Crippen molar-refractivity contribution in [1.82, 2.24) is 9.97 Å². The van der Waals surface area contributed by atoms with Crippen LogP contribution in [-0.2, 0) is 0 Å². The first-order valence-corrected chi connectivity index (χ1v) is 7.28. The van der Waals surface area contributed by atoms with Crippen LogP contribution in [0.5, 0.6) is 11.5 Å². The van der Waals surface area contributed by atoms with Crippen molar-refractivity contribution in [3.8, 4) is 11.5 Å². The minimum atomic E-state index is -0.419. The molecule has 134 valence electrons. The van der Waals surface area contributed by atoms with Gasteiger partial charge < -0.3 is 21.7 Å². The van der Waals surface area contributed by atoms with Gasteiger partial charge in [0.25, 0.3) is 0 Å². The summed E-state index contributed by atoms with van der Waals surface area (Å²) in [4.78, 5) is 28.2. The predicted octanol–water partition coefficient (Wildman–Crippen LogP) is 1.46. The Balaban J connectivity index is 0.000000195. The normalized spacial score (nSPS) is 8.92. The predicted molar refractivity (Wildman–Crippen MR) is 95.3 cm³/mol. The van der Waals surface area contributed by atoms with Crippen LogP contribution in [0.3, 0.4) is 0 Å². The molecule has 8 nitrogen and oxygen atoms in total. The third-order valence-corrected chi connectivity index (χ3v) is 2.76. The van der Waals surface area contributed by atoms with E-state index in [9.17, 15) is 9.59 Å². The molecule has 0 fully saturated rings. The van der Waals surface area contributed by atoms with Gasteiger partial charge in [0.05, 0.1) is 0 Å².